The van der Waals surface area contributed by atoms with Crippen LogP contribution in [0.15, 0.2) is 9.59 Å². The summed E-state index contributed by atoms with van der Waals surface area (Å²) in [5, 5.41) is 7.19. The van der Waals surface area contributed by atoms with Gasteiger partial charge in [-0.1, -0.05) is 0 Å². The zero-order chi connectivity index (χ0) is 13.8. The first-order valence-corrected chi connectivity index (χ1v) is 6.57. The first kappa shape index (κ1) is 13.8. The largest absolute Gasteiger partial charge is 0.473 e. The Morgan fingerprint density at radius 2 is 2.21 bits per heavy atom. The number of rotatable bonds is 4. The molecule has 19 heavy (non-hydrogen) atoms. The van der Waals surface area contributed by atoms with E-state index in [0.29, 0.717) is 12.5 Å². The zero-order valence-corrected chi connectivity index (χ0v) is 11.4. The van der Waals surface area contributed by atoms with E-state index in [1.807, 2.05) is 0 Å². The Hall–Kier alpha value is -1.63. The summed E-state index contributed by atoms with van der Waals surface area (Å²) in [6, 6.07) is 0. The van der Waals surface area contributed by atoms with Crippen LogP contribution in [0.1, 0.15) is 19.3 Å². The second-order valence-electron chi connectivity index (χ2n) is 4.93. The molecular formula is C12H20N4O3. The number of hydrogen-bond donors (Lipinski definition) is 1. The molecule has 0 radical (unpaired) electrons. The molecule has 1 N–H and O–H groups in total. The van der Waals surface area contributed by atoms with Gasteiger partial charge in [-0.2, -0.15) is 0 Å². The van der Waals surface area contributed by atoms with Gasteiger partial charge in [0.2, 0.25) is 0 Å². The predicted molar refractivity (Wildman–Crippen MR) is 70.4 cm³/mol. The summed E-state index contributed by atoms with van der Waals surface area (Å²) < 4.78 is 7.54. The molecule has 1 fully saturated rings. The van der Waals surface area contributed by atoms with Crippen LogP contribution in [0.25, 0.3) is 0 Å². The van der Waals surface area contributed by atoms with Gasteiger partial charge in [0.05, 0.1) is 6.61 Å². The first-order valence-electron chi connectivity index (χ1n) is 6.57. The molecule has 0 spiro atoms. The van der Waals surface area contributed by atoms with Crippen molar-refractivity contribution < 1.29 is 4.74 Å². The minimum absolute atomic E-state index is 0.00614. The van der Waals surface area contributed by atoms with E-state index in [1.54, 1.807) is 0 Å². The number of ether oxygens (including phenoxy) is 1. The van der Waals surface area contributed by atoms with Crippen LogP contribution in [-0.4, -0.2) is 34.0 Å². The maximum atomic E-state index is 11.8. The standard InChI is InChI=1S/C12H20N4O3/c1-15-11(17)10(14-16(2)12(15)18)19-7-5-9-4-3-6-13-8-9/h9,13H,3-8H2,1-2H3. The van der Waals surface area contributed by atoms with Gasteiger partial charge in [-0.3, -0.25) is 9.36 Å². The summed E-state index contributed by atoms with van der Waals surface area (Å²) in [6.45, 7) is 2.54. The number of nitrogens with one attached hydrogen (secondary N) is 1. The molecule has 2 heterocycles. The van der Waals surface area contributed by atoms with Gasteiger partial charge < -0.3 is 10.1 Å². The van der Waals surface area contributed by atoms with Crippen molar-refractivity contribution in [2.45, 2.75) is 19.3 Å². The summed E-state index contributed by atoms with van der Waals surface area (Å²) in [4.78, 5) is 23.2. The average molecular weight is 268 g/mol. The lowest BCUT2D eigenvalue weighted by atomic mass is 9.97. The fourth-order valence-corrected chi connectivity index (χ4v) is 2.25. The third kappa shape index (κ3) is 3.23. The van der Waals surface area contributed by atoms with E-state index in [2.05, 4.69) is 10.4 Å². The molecule has 0 saturated carbocycles. The van der Waals surface area contributed by atoms with Crippen LogP contribution < -0.4 is 21.3 Å². The molecule has 0 aromatic carbocycles. The molecule has 1 aromatic rings. The second kappa shape index (κ2) is 6.01. The normalized spacial score (nSPS) is 19.4. The van der Waals surface area contributed by atoms with Crippen molar-refractivity contribution in [1.82, 2.24) is 19.7 Å². The van der Waals surface area contributed by atoms with Crippen LogP contribution in [0.4, 0.5) is 0 Å². The first-order chi connectivity index (χ1) is 9.09. The van der Waals surface area contributed by atoms with Crippen molar-refractivity contribution in [2.24, 2.45) is 20.0 Å². The highest BCUT2D eigenvalue weighted by atomic mass is 16.5. The Balaban J connectivity index is 1.96. The summed E-state index contributed by atoms with van der Waals surface area (Å²) in [5.41, 5.74) is -0.932. The molecule has 0 bridgehead atoms. The minimum atomic E-state index is -0.482. The van der Waals surface area contributed by atoms with E-state index >= 15 is 0 Å². The molecule has 1 aromatic heterocycles. The summed E-state index contributed by atoms with van der Waals surface area (Å²) >= 11 is 0. The molecule has 106 valence electrons. The minimum Gasteiger partial charge on any atom is -0.473 e. The fraction of sp³-hybridized carbons (Fsp3) is 0.750. The molecular weight excluding hydrogens is 248 g/mol. The SMILES string of the molecule is Cn1nc(OCCC2CCCNC2)c(=O)n(C)c1=O. The van der Waals surface area contributed by atoms with Gasteiger partial charge in [-0.15, -0.1) is 5.10 Å². The van der Waals surface area contributed by atoms with Crippen LogP contribution in [-0.2, 0) is 14.1 Å². The number of hydrogen-bond acceptors (Lipinski definition) is 5. The highest BCUT2D eigenvalue weighted by molar-refractivity contribution is 5.01. The van der Waals surface area contributed by atoms with Crippen molar-refractivity contribution in [3.8, 4) is 5.88 Å². The van der Waals surface area contributed by atoms with E-state index in [1.165, 1.54) is 26.9 Å². The van der Waals surface area contributed by atoms with Crippen LogP contribution in [0.3, 0.4) is 0 Å². The van der Waals surface area contributed by atoms with Gasteiger partial charge in [-0.05, 0) is 38.3 Å². The summed E-state index contributed by atoms with van der Waals surface area (Å²) in [6.07, 6.45) is 3.26. The highest BCUT2D eigenvalue weighted by Crippen LogP contribution is 2.13. The van der Waals surface area contributed by atoms with Gasteiger partial charge in [0.25, 0.3) is 5.88 Å². The van der Waals surface area contributed by atoms with Gasteiger partial charge in [0.15, 0.2) is 0 Å². The second-order valence-corrected chi connectivity index (χ2v) is 4.93. The van der Waals surface area contributed by atoms with Crippen molar-refractivity contribution >= 4 is 0 Å². The van der Waals surface area contributed by atoms with E-state index in [4.69, 9.17) is 4.74 Å². The predicted octanol–water partition coefficient (Wildman–Crippen LogP) is -0.752. The number of piperidine rings is 1. The molecule has 0 aliphatic carbocycles. The Bertz CT molecular complexity index is 543. The van der Waals surface area contributed by atoms with Crippen molar-refractivity contribution in [2.75, 3.05) is 19.7 Å². The number of aryl methyl sites for hydroxylation is 1. The molecule has 7 heteroatoms. The lowest BCUT2D eigenvalue weighted by molar-refractivity contribution is 0.237. The Kier molecular flexibility index (Phi) is 4.36. The van der Waals surface area contributed by atoms with Gasteiger partial charge >= 0.3 is 11.2 Å². The maximum Gasteiger partial charge on any atom is 0.347 e. The summed E-state index contributed by atoms with van der Waals surface area (Å²) in [7, 11) is 2.92. The Labute approximate surface area is 111 Å². The molecule has 2 rings (SSSR count). The van der Waals surface area contributed by atoms with Gasteiger partial charge in [0.1, 0.15) is 0 Å². The van der Waals surface area contributed by atoms with Crippen molar-refractivity contribution in [1.29, 1.82) is 0 Å². The molecule has 1 saturated heterocycles. The van der Waals surface area contributed by atoms with Crippen LogP contribution in [0.2, 0.25) is 0 Å². The highest BCUT2D eigenvalue weighted by Gasteiger charge is 2.14. The fourth-order valence-electron chi connectivity index (χ4n) is 2.25. The van der Waals surface area contributed by atoms with Gasteiger partial charge in [-0.25, -0.2) is 9.48 Å². The quantitative estimate of drug-likeness (QED) is 0.777. The molecule has 1 aliphatic heterocycles. The van der Waals surface area contributed by atoms with Crippen LogP contribution in [0.5, 0.6) is 5.88 Å². The van der Waals surface area contributed by atoms with E-state index in [-0.39, 0.29) is 5.88 Å². The van der Waals surface area contributed by atoms with Gasteiger partial charge in [0, 0.05) is 14.1 Å². The van der Waals surface area contributed by atoms with Crippen molar-refractivity contribution in [3.05, 3.63) is 20.8 Å². The third-order valence-electron chi connectivity index (χ3n) is 3.46. The molecule has 7 nitrogen and oxygen atoms in total. The monoisotopic (exact) mass is 268 g/mol. The maximum absolute atomic E-state index is 11.8. The number of aromatic nitrogens is 3. The Morgan fingerprint density at radius 1 is 1.42 bits per heavy atom. The zero-order valence-electron chi connectivity index (χ0n) is 11.4. The average Bonchev–Trinajstić information content (AvgIpc) is 2.43. The van der Waals surface area contributed by atoms with Crippen LogP contribution >= 0.6 is 0 Å². The summed E-state index contributed by atoms with van der Waals surface area (Å²) in [5.74, 6) is 0.582. The van der Waals surface area contributed by atoms with E-state index < -0.39 is 11.2 Å². The molecule has 1 unspecified atom stereocenters. The van der Waals surface area contributed by atoms with E-state index in [9.17, 15) is 9.59 Å². The third-order valence-corrected chi connectivity index (χ3v) is 3.46. The Morgan fingerprint density at radius 3 is 2.89 bits per heavy atom. The van der Waals surface area contributed by atoms with Crippen molar-refractivity contribution in [3.63, 3.8) is 0 Å². The lowest BCUT2D eigenvalue weighted by Gasteiger charge is -2.22. The molecule has 0 amide bonds. The van der Waals surface area contributed by atoms with Crippen LogP contribution in [0, 0.1) is 5.92 Å². The lowest BCUT2D eigenvalue weighted by Crippen LogP contribution is -2.39. The molecule has 1 atom stereocenters. The topological polar surface area (TPSA) is 78.2 Å². The smallest absolute Gasteiger partial charge is 0.347 e. The van der Waals surface area contributed by atoms with E-state index in [0.717, 1.165) is 28.8 Å². The number of nitrogens with zero attached hydrogens (tertiary/aromatic N) is 3. The molecule has 1 aliphatic rings.